The van der Waals surface area contributed by atoms with E-state index in [1.807, 2.05) is 0 Å². The van der Waals surface area contributed by atoms with Crippen LogP contribution in [0.5, 0.6) is 17.2 Å². The van der Waals surface area contributed by atoms with Gasteiger partial charge in [0.05, 0.1) is 23.7 Å². The summed E-state index contributed by atoms with van der Waals surface area (Å²) in [5, 5.41) is 3.13. The van der Waals surface area contributed by atoms with Crippen LogP contribution in [0.3, 0.4) is 0 Å². The van der Waals surface area contributed by atoms with E-state index < -0.39 is 0 Å². The Morgan fingerprint density at radius 3 is 2.53 bits per heavy atom. The Kier molecular flexibility index (Phi) is 8.14. The van der Waals surface area contributed by atoms with Crippen LogP contribution in [-0.4, -0.2) is 20.1 Å². The maximum Gasteiger partial charge on any atom is 0.248 e. The van der Waals surface area contributed by atoms with Crippen LogP contribution in [0.15, 0.2) is 65.1 Å². The number of benzene rings is 3. The number of anilines is 1. The third kappa shape index (κ3) is 6.02. The van der Waals surface area contributed by atoms with Gasteiger partial charge in [-0.05, 0) is 64.0 Å². The second-order valence-corrected chi connectivity index (χ2v) is 7.85. The van der Waals surface area contributed by atoms with Crippen LogP contribution >= 0.6 is 27.5 Å². The minimum Gasteiger partial charge on any atom is -0.495 e. The molecule has 0 unspecified atom stereocenters. The second kappa shape index (κ2) is 11.0. The molecule has 0 aromatic heterocycles. The molecule has 8 heteroatoms. The maximum absolute atomic E-state index is 13.8. The molecule has 0 saturated carbocycles. The van der Waals surface area contributed by atoms with Gasteiger partial charge >= 0.3 is 0 Å². The van der Waals surface area contributed by atoms with E-state index in [4.69, 9.17) is 25.8 Å². The van der Waals surface area contributed by atoms with Crippen molar-refractivity contribution in [2.24, 2.45) is 0 Å². The van der Waals surface area contributed by atoms with Gasteiger partial charge in [0.15, 0.2) is 11.5 Å². The van der Waals surface area contributed by atoms with Crippen LogP contribution in [-0.2, 0) is 11.4 Å². The van der Waals surface area contributed by atoms with Crippen LogP contribution in [0, 0.1) is 5.82 Å². The van der Waals surface area contributed by atoms with Crippen LogP contribution < -0.4 is 19.5 Å². The maximum atomic E-state index is 13.8. The van der Waals surface area contributed by atoms with Gasteiger partial charge < -0.3 is 19.5 Å². The highest BCUT2D eigenvalue weighted by atomic mass is 79.9. The third-order valence-corrected chi connectivity index (χ3v) is 5.31. The molecule has 0 aliphatic rings. The van der Waals surface area contributed by atoms with E-state index in [9.17, 15) is 9.18 Å². The summed E-state index contributed by atoms with van der Waals surface area (Å²) in [6, 6.07) is 14.9. The third-order valence-electron chi connectivity index (χ3n) is 4.43. The van der Waals surface area contributed by atoms with E-state index in [-0.39, 0.29) is 18.3 Å². The van der Waals surface area contributed by atoms with Gasteiger partial charge in [-0.1, -0.05) is 29.8 Å². The fraction of sp³-hybridized carbons (Fsp3) is 0.125. The number of methoxy groups -OCH3 is 2. The van der Waals surface area contributed by atoms with Crippen LogP contribution in [0.1, 0.15) is 11.1 Å². The van der Waals surface area contributed by atoms with Crippen molar-refractivity contribution in [1.29, 1.82) is 0 Å². The van der Waals surface area contributed by atoms with E-state index in [1.165, 1.54) is 26.4 Å². The Morgan fingerprint density at radius 1 is 1.09 bits per heavy atom. The van der Waals surface area contributed by atoms with Crippen LogP contribution in [0.2, 0.25) is 5.02 Å². The molecule has 1 N–H and O–H groups in total. The lowest BCUT2D eigenvalue weighted by Crippen LogP contribution is -2.07. The van der Waals surface area contributed by atoms with E-state index in [1.54, 1.807) is 54.6 Å². The van der Waals surface area contributed by atoms with Crippen molar-refractivity contribution in [3.63, 3.8) is 0 Å². The average Bonchev–Trinajstić information content (AvgIpc) is 2.77. The second-order valence-electron chi connectivity index (χ2n) is 6.59. The number of carbonyl (C=O) groups excluding carboxylic acids is 1. The molecule has 3 aromatic rings. The summed E-state index contributed by atoms with van der Waals surface area (Å²) >= 11 is 9.53. The SMILES string of the molecule is COc1ccc(NC(=O)/C=C/c2cc(Br)c(OCc3ccccc3F)c(OC)c2)cc1Cl. The largest absolute Gasteiger partial charge is 0.495 e. The number of halogens is 3. The number of hydrogen-bond donors (Lipinski definition) is 1. The predicted molar refractivity (Wildman–Crippen MR) is 127 cm³/mol. The first-order valence-electron chi connectivity index (χ1n) is 9.47. The molecule has 1 amide bonds. The minimum absolute atomic E-state index is 0.0453. The lowest BCUT2D eigenvalue weighted by Gasteiger charge is -2.14. The molecule has 0 saturated heterocycles. The molecule has 0 aliphatic heterocycles. The molecule has 0 radical (unpaired) electrons. The molecule has 0 spiro atoms. The van der Waals surface area contributed by atoms with Crippen molar-refractivity contribution < 1.29 is 23.4 Å². The van der Waals surface area contributed by atoms with E-state index in [2.05, 4.69) is 21.2 Å². The van der Waals surface area contributed by atoms with Gasteiger partial charge in [0, 0.05) is 17.3 Å². The van der Waals surface area contributed by atoms with Gasteiger partial charge in [-0.3, -0.25) is 4.79 Å². The van der Waals surface area contributed by atoms with Crippen molar-refractivity contribution in [2.75, 3.05) is 19.5 Å². The number of hydrogen-bond acceptors (Lipinski definition) is 4. The van der Waals surface area contributed by atoms with Gasteiger partial charge in [-0.25, -0.2) is 4.39 Å². The summed E-state index contributed by atoms with van der Waals surface area (Å²) in [4.78, 5) is 12.3. The van der Waals surface area contributed by atoms with Crippen molar-refractivity contribution in [3.8, 4) is 17.2 Å². The number of ether oxygens (including phenoxy) is 3. The van der Waals surface area contributed by atoms with Gasteiger partial charge in [-0.15, -0.1) is 0 Å². The van der Waals surface area contributed by atoms with Gasteiger partial charge in [0.25, 0.3) is 0 Å². The zero-order valence-corrected chi connectivity index (χ0v) is 19.7. The van der Waals surface area contributed by atoms with Crippen molar-refractivity contribution >= 4 is 45.2 Å². The molecule has 0 fully saturated rings. The monoisotopic (exact) mass is 519 g/mol. The number of amides is 1. The smallest absolute Gasteiger partial charge is 0.248 e. The van der Waals surface area contributed by atoms with Gasteiger partial charge in [0.1, 0.15) is 18.2 Å². The summed E-state index contributed by atoms with van der Waals surface area (Å²) in [5.41, 5.74) is 1.68. The van der Waals surface area contributed by atoms with E-state index >= 15 is 0 Å². The summed E-state index contributed by atoms with van der Waals surface area (Å²) in [6.45, 7) is 0.0453. The van der Waals surface area contributed by atoms with Crippen LogP contribution in [0.25, 0.3) is 6.08 Å². The highest BCUT2D eigenvalue weighted by molar-refractivity contribution is 9.10. The molecule has 166 valence electrons. The molecule has 0 bridgehead atoms. The van der Waals surface area contributed by atoms with Crippen LogP contribution in [0.4, 0.5) is 10.1 Å². The molecule has 0 heterocycles. The van der Waals surface area contributed by atoms with Crippen molar-refractivity contribution in [3.05, 3.63) is 87.1 Å². The summed E-state index contributed by atoms with van der Waals surface area (Å²) < 4.78 is 30.7. The highest BCUT2D eigenvalue weighted by Gasteiger charge is 2.13. The Labute approximate surface area is 198 Å². The first-order valence-corrected chi connectivity index (χ1v) is 10.6. The Morgan fingerprint density at radius 2 is 1.84 bits per heavy atom. The number of nitrogens with one attached hydrogen (secondary N) is 1. The summed E-state index contributed by atoms with van der Waals surface area (Å²) in [5.74, 6) is 0.727. The zero-order chi connectivity index (χ0) is 23.1. The first kappa shape index (κ1) is 23.6. The highest BCUT2D eigenvalue weighted by Crippen LogP contribution is 2.37. The molecule has 32 heavy (non-hydrogen) atoms. The standard InChI is InChI=1S/C24H20BrClFNO4/c1-30-21-9-8-17(13-19(21)26)28-23(29)10-7-15-11-18(25)24(22(12-15)31-2)32-14-16-5-3-4-6-20(16)27/h3-13H,14H2,1-2H3,(H,28,29)/b10-7+. The fourth-order valence-corrected chi connectivity index (χ4v) is 3.67. The van der Waals surface area contributed by atoms with Gasteiger partial charge in [0.2, 0.25) is 5.91 Å². The van der Waals surface area contributed by atoms with E-state index in [0.717, 1.165) is 0 Å². The minimum atomic E-state index is -0.341. The Hall–Kier alpha value is -3.03. The number of rotatable bonds is 8. The lowest BCUT2D eigenvalue weighted by molar-refractivity contribution is -0.111. The zero-order valence-electron chi connectivity index (χ0n) is 17.3. The number of carbonyl (C=O) groups is 1. The summed E-state index contributed by atoms with van der Waals surface area (Å²) in [7, 11) is 3.02. The molecule has 3 aromatic carbocycles. The van der Waals surface area contributed by atoms with Crippen molar-refractivity contribution in [2.45, 2.75) is 6.61 Å². The Bertz CT molecular complexity index is 1150. The normalized spacial score (nSPS) is 10.8. The van der Waals surface area contributed by atoms with Crippen molar-refractivity contribution in [1.82, 2.24) is 0 Å². The molecule has 0 aliphatic carbocycles. The first-order chi connectivity index (χ1) is 15.4. The average molecular weight is 521 g/mol. The lowest BCUT2D eigenvalue weighted by atomic mass is 10.1. The molecule has 5 nitrogen and oxygen atoms in total. The fourth-order valence-electron chi connectivity index (χ4n) is 2.84. The Balaban J connectivity index is 1.70. The topological polar surface area (TPSA) is 56.8 Å². The van der Waals surface area contributed by atoms with Gasteiger partial charge in [-0.2, -0.15) is 0 Å². The molecular formula is C24H20BrClFNO4. The quantitative estimate of drug-likeness (QED) is 0.345. The molecular weight excluding hydrogens is 501 g/mol. The molecule has 0 atom stereocenters. The molecule has 3 rings (SSSR count). The predicted octanol–water partition coefficient (Wildman–Crippen LogP) is 6.49. The van der Waals surface area contributed by atoms with E-state index in [0.29, 0.717) is 43.6 Å². The summed E-state index contributed by atoms with van der Waals surface area (Å²) in [6.07, 6.45) is 3.02.